The van der Waals surface area contributed by atoms with Crippen LogP contribution in [0.25, 0.3) is 0 Å². The minimum Gasteiger partial charge on any atom is -0.468 e. The molecule has 3 rings (SSSR count). The molecule has 2 aliphatic heterocycles. The SMILES string of the molecule is CO[C@@]1(C(=O)c2ccccc2)NC(=O)[C@]2(OC(CO)=C(C)C2=O)C1O. The predicted octanol–water partition coefficient (Wildman–Crippen LogP) is -0.693. The molecule has 2 heterocycles. The fourth-order valence-corrected chi connectivity index (χ4v) is 3.18. The summed E-state index contributed by atoms with van der Waals surface area (Å²) in [6.07, 6.45) is -1.95. The Morgan fingerprint density at radius 1 is 1.32 bits per heavy atom. The highest BCUT2D eigenvalue weighted by atomic mass is 16.6. The van der Waals surface area contributed by atoms with Crippen LogP contribution in [0.5, 0.6) is 0 Å². The molecular formula is C17H17NO7. The Morgan fingerprint density at radius 3 is 2.48 bits per heavy atom. The average Bonchev–Trinajstić information content (AvgIpc) is 3.03. The second kappa shape index (κ2) is 5.76. The molecule has 1 saturated heterocycles. The third-order valence-corrected chi connectivity index (χ3v) is 4.63. The Morgan fingerprint density at radius 2 is 1.96 bits per heavy atom. The van der Waals surface area contributed by atoms with E-state index in [2.05, 4.69) is 5.32 Å². The molecule has 1 unspecified atom stereocenters. The van der Waals surface area contributed by atoms with Crippen LogP contribution in [0.1, 0.15) is 17.3 Å². The molecule has 8 heteroatoms. The van der Waals surface area contributed by atoms with Crippen molar-refractivity contribution in [1.29, 1.82) is 0 Å². The van der Waals surface area contributed by atoms with Gasteiger partial charge in [0.25, 0.3) is 11.5 Å². The number of rotatable bonds is 4. The largest absolute Gasteiger partial charge is 0.468 e. The Hall–Kier alpha value is -2.55. The number of hydrogen-bond donors (Lipinski definition) is 3. The number of Topliss-reactive ketones (excluding diaryl/α,β-unsaturated/α-hetero) is 2. The second-order valence-corrected chi connectivity index (χ2v) is 5.86. The number of nitrogens with one attached hydrogen (secondary N) is 1. The molecule has 0 saturated carbocycles. The zero-order valence-electron chi connectivity index (χ0n) is 13.6. The third-order valence-electron chi connectivity index (χ3n) is 4.63. The number of aliphatic hydroxyl groups is 2. The van der Waals surface area contributed by atoms with E-state index in [1.54, 1.807) is 18.2 Å². The van der Waals surface area contributed by atoms with Gasteiger partial charge in [-0.2, -0.15) is 0 Å². The van der Waals surface area contributed by atoms with Gasteiger partial charge >= 0.3 is 0 Å². The van der Waals surface area contributed by atoms with Crippen molar-refractivity contribution in [3.63, 3.8) is 0 Å². The second-order valence-electron chi connectivity index (χ2n) is 5.86. The molecule has 3 N–H and O–H groups in total. The Balaban J connectivity index is 2.07. The van der Waals surface area contributed by atoms with Crippen LogP contribution in [0.2, 0.25) is 0 Å². The maximum atomic E-state index is 12.9. The number of hydrogen-bond acceptors (Lipinski definition) is 7. The maximum Gasteiger partial charge on any atom is 0.278 e. The number of aliphatic hydroxyl groups excluding tert-OH is 2. The summed E-state index contributed by atoms with van der Waals surface area (Å²) in [5.74, 6) is -2.67. The topological polar surface area (TPSA) is 122 Å². The molecule has 8 nitrogen and oxygen atoms in total. The van der Waals surface area contributed by atoms with Gasteiger partial charge in [-0.05, 0) is 6.92 Å². The van der Waals surface area contributed by atoms with E-state index in [0.717, 1.165) is 7.11 Å². The van der Waals surface area contributed by atoms with E-state index in [1.807, 2.05) is 0 Å². The van der Waals surface area contributed by atoms with Crippen LogP contribution in [0.15, 0.2) is 41.7 Å². The highest BCUT2D eigenvalue weighted by Gasteiger charge is 2.73. The number of ketones is 2. The fraction of sp³-hybridized carbons (Fsp3) is 0.353. The monoisotopic (exact) mass is 347 g/mol. The lowest BCUT2D eigenvalue weighted by molar-refractivity contribution is -0.160. The van der Waals surface area contributed by atoms with Crippen molar-refractivity contribution in [2.75, 3.05) is 13.7 Å². The molecule has 1 fully saturated rings. The van der Waals surface area contributed by atoms with Gasteiger partial charge in [0.1, 0.15) is 12.4 Å². The van der Waals surface area contributed by atoms with Gasteiger partial charge in [0, 0.05) is 18.2 Å². The Labute approximate surface area is 143 Å². The standard InChI is InChI=1S/C17H17NO7/c1-9-11(8-19)25-16(12(9)20)14(22)17(24-2,18-15(16)23)13(21)10-6-4-3-5-7-10/h3-7,14,19,22H,8H2,1-2H3,(H,18,23)/t14?,16-,17-/m1/s1. The van der Waals surface area contributed by atoms with Gasteiger partial charge in [0.05, 0.1) is 0 Å². The lowest BCUT2D eigenvalue weighted by Crippen LogP contribution is -2.60. The van der Waals surface area contributed by atoms with Crippen LogP contribution in [0, 0.1) is 0 Å². The molecule has 1 amide bonds. The number of methoxy groups -OCH3 is 1. The molecule has 132 valence electrons. The summed E-state index contributed by atoms with van der Waals surface area (Å²) >= 11 is 0. The molecule has 0 bridgehead atoms. The third kappa shape index (κ3) is 2.08. The van der Waals surface area contributed by atoms with Crippen molar-refractivity contribution < 1.29 is 34.1 Å². The van der Waals surface area contributed by atoms with Crippen molar-refractivity contribution in [2.45, 2.75) is 24.4 Å². The molecule has 25 heavy (non-hydrogen) atoms. The van der Waals surface area contributed by atoms with Gasteiger partial charge in [0.2, 0.25) is 17.3 Å². The quantitative estimate of drug-likeness (QED) is 0.487. The Kier molecular flexibility index (Phi) is 3.98. The van der Waals surface area contributed by atoms with E-state index < -0.39 is 41.5 Å². The van der Waals surface area contributed by atoms with E-state index in [1.165, 1.54) is 19.1 Å². The average molecular weight is 347 g/mol. The molecule has 1 spiro atoms. The Bertz CT molecular complexity index is 787. The zero-order valence-corrected chi connectivity index (χ0v) is 13.6. The van der Waals surface area contributed by atoms with Gasteiger partial charge in [-0.1, -0.05) is 30.3 Å². The zero-order chi connectivity index (χ0) is 18.4. The molecule has 0 aliphatic carbocycles. The van der Waals surface area contributed by atoms with Crippen molar-refractivity contribution in [3.8, 4) is 0 Å². The van der Waals surface area contributed by atoms with Crippen LogP contribution in [0.3, 0.4) is 0 Å². The van der Waals surface area contributed by atoms with Crippen molar-refractivity contribution >= 4 is 17.5 Å². The van der Waals surface area contributed by atoms with E-state index in [4.69, 9.17) is 9.47 Å². The van der Waals surface area contributed by atoms with Gasteiger partial charge in [-0.25, -0.2) is 0 Å². The summed E-state index contributed by atoms with van der Waals surface area (Å²) in [6, 6.07) is 7.91. The first-order valence-electron chi connectivity index (χ1n) is 7.55. The first-order valence-corrected chi connectivity index (χ1v) is 7.55. The van der Waals surface area contributed by atoms with Crippen LogP contribution in [-0.2, 0) is 19.1 Å². The van der Waals surface area contributed by atoms with Crippen LogP contribution in [-0.4, -0.2) is 58.8 Å². The predicted molar refractivity (Wildman–Crippen MR) is 83.3 cm³/mol. The lowest BCUT2D eigenvalue weighted by Gasteiger charge is -2.32. The van der Waals surface area contributed by atoms with Gasteiger partial charge in [-0.15, -0.1) is 0 Å². The van der Waals surface area contributed by atoms with Gasteiger partial charge in [0.15, 0.2) is 6.10 Å². The molecule has 1 aromatic carbocycles. The van der Waals surface area contributed by atoms with Crippen LogP contribution in [0.4, 0.5) is 0 Å². The van der Waals surface area contributed by atoms with Crippen molar-refractivity contribution in [1.82, 2.24) is 5.32 Å². The van der Waals surface area contributed by atoms with Crippen molar-refractivity contribution in [2.24, 2.45) is 0 Å². The van der Waals surface area contributed by atoms with Gasteiger partial charge < -0.3 is 25.0 Å². The highest BCUT2D eigenvalue weighted by molar-refractivity contribution is 6.23. The first kappa shape index (κ1) is 17.3. The molecule has 1 aromatic rings. The highest BCUT2D eigenvalue weighted by Crippen LogP contribution is 2.42. The van der Waals surface area contributed by atoms with E-state index in [-0.39, 0.29) is 16.9 Å². The molecule has 2 aliphatic rings. The number of amides is 1. The summed E-state index contributed by atoms with van der Waals surface area (Å²) in [6.45, 7) is 0.750. The number of ether oxygens (including phenoxy) is 2. The summed E-state index contributed by atoms with van der Waals surface area (Å²) < 4.78 is 10.5. The van der Waals surface area contributed by atoms with E-state index in [0.29, 0.717) is 0 Å². The number of carbonyl (C=O) groups is 3. The summed E-state index contributed by atoms with van der Waals surface area (Å²) in [7, 11) is 1.13. The molecule has 3 atom stereocenters. The molecule has 0 radical (unpaired) electrons. The van der Waals surface area contributed by atoms with Crippen molar-refractivity contribution in [3.05, 3.63) is 47.2 Å². The number of carbonyl (C=O) groups excluding carboxylic acids is 3. The van der Waals surface area contributed by atoms with Gasteiger partial charge in [-0.3, -0.25) is 14.4 Å². The summed E-state index contributed by atoms with van der Waals surface area (Å²) in [5.41, 5.74) is -4.35. The van der Waals surface area contributed by atoms with Crippen LogP contribution < -0.4 is 5.32 Å². The minimum absolute atomic E-state index is 0.00997. The summed E-state index contributed by atoms with van der Waals surface area (Å²) in [5, 5.41) is 22.4. The lowest BCUT2D eigenvalue weighted by atomic mass is 9.85. The normalized spacial score (nSPS) is 31.4. The van der Waals surface area contributed by atoms with Crippen LogP contribution >= 0.6 is 0 Å². The fourth-order valence-electron chi connectivity index (χ4n) is 3.18. The summed E-state index contributed by atoms with van der Waals surface area (Å²) in [4.78, 5) is 38.1. The van der Waals surface area contributed by atoms with E-state index in [9.17, 15) is 24.6 Å². The smallest absolute Gasteiger partial charge is 0.278 e. The molecule has 0 aromatic heterocycles. The van der Waals surface area contributed by atoms with E-state index >= 15 is 0 Å². The first-order chi connectivity index (χ1) is 11.8. The molecular weight excluding hydrogens is 330 g/mol. The number of benzene rings is 1. The maximum absolute atomic E-state index is 12.9. The minimum atomic E-state index is -2.36.